The summed E-state index contributed by atoms with van der Waals surface area (Å²) < 4.78 is 27.0. The van der Waals surface area contributed by atoms with Crippen LogP contribution in [0.2, 0.25) is 5.02 Å². The number of nitrogens with zero attached hydrogens (tertiary/aromatic N) is 2. The molecule has 33 heavy (non-hydrogen) atoms. The second-order valence-electron chi connectivity index (χ2n) is 7.82. The van der Waals surface area contributed by atoms with Gasteiger partial charge in [-0.1, -0.05) is 17.7 Å². The van der Waals surface area contributed by atoms with Crippen molar-refractivity contribution in [2.24, 2.45) is 0 Å². The Kier molecular flexibility index (Phi) is 5.50. The maximum absolute atomic E-state index is 13.8. The van der Waals surface area contributed by atoms with Crippen LogP contribution in [0, 0.1) is 5.82 Å². The highest BCUT2D eigenvalue weighted by atomic mass is 35.5. The van der Waals surface area contributed by atoms with Crippen LogP contribution in [0.25, 0.3) is 15.9 Å². The Morgan fingerprint density at radius 2 is 1.91 bits per heavy atom. The summed E-state index contributed by atoms with van der Waals surface area (Å²) in [5, 5.41) is 0.766. The Morgan fingerprint density at radius 1 is 1.09 bits per heavy atom. The SMILES string of the molecule is COc1ccc(-n2c(=O)c3c4c(sc3n(Cc3ccc(F)cc3Cl)c2=O)CCC4)c(OC)c1. The van der Waals surface area contributed by atoms with Gasteiger partial charge in [0.25, 0.3) is 5.56 Å². The lowest BCUT2D eigenvalue weighted by molar-refractivity contribution is 0.392. The Labute approximate surface area is 197 Å². The summed E-state index contributed by atoms with van der Waals surface area (Å²) in [6.07, 6.45) is 2.65. The smallest absolute Gasteiger partial charge is 0.337 e. The third kappa shape index (κ3) is 3.54. The number of fused-ring (bicyclic) bond motifs is 3. The zero-order valence-corrected chi connectivity index (χ0v) is 19.6. The van der Waals surface area contributed by atoms with Crippen LogP contribution in [-0.2, 0) is 19.4 Å². The first kappa shape index (κ1) is 21.7. The number of hydrogen-bond acceptors (Lipinski definition) is 5. The molecule has 9 heteroatoms. The molecule has 6 nitrogen and oxygen atoms in total. The fourth-order valence-corrected chi connectivity index (χ4v) is 5.95. The summed E-state index contributed by atoms with van der Waals surface area (Å²) in [4.78, 5) is 29.2. The van der Waals surface area contributed by atoms with Gasteiger partial charge in [0.2, 0.25) is 0 Å². The van der Waals surface area contributed by atoms with Gasteiger partial charge in [0.15, 0.2) is 0 Å². The molecule has 0 unspecified atom stereocenters. The number of ether oxygens (including phenoxy) is 2. The molecule has 2 aromatic carbocycles. The minimum absolute atomic E-state index is 0.104. The summed E-state index contributed by atoms with van der Waals surface area (Å²) in [6, 6.07) is 9.02. The van der Waals surface area contributed by atoms with Crippen molar-refractivity contribution < 1.29 is 13.9 Å². The van der Waals surface area contributed by atoms with E-state index >= 15 is 0 Å². The average Bonchev–Trinajstić information content (AvgIpc) is 3.39. The van der Waals surface area contributed by atoms with Gasteiger partial charge in [0, 0.05) is 16.0 Å². The van der Waals surface area contributed by atoms with Crippen LogP contribution in [0.1, 0.15) is 22.4 Å². The van der Waals surface area contributed by atoms with Gasteiger partial charge in [-0.05, 0) is 54.7 Å². The van der Waals surface area contributed by atoms with Gasteiger partial charge < -0.3 is 9.47 Å². The lowest BCUT2D eigenvalue weighted by Gasteiger charge is -2.16. The van der Waals surface area contributed by atoms with Crippen molar-refractivity contribution in [3.8, 4) is 17.2 Å². The fourth-order valence-electron chi connectivity index (χ4n) is 4.35. The first-order valence-electron chi connectivity index (χ1n) is 10.4. The molecular weight excluding hydrogens is 467 g/mol. The summed E-state index contributed by atoms with van der Waals surface area (Å²) in [7, 11) is 3.00. The van der Waals surface area contributed by atoms with Crippen LogP contribution in [0.5, 0.6) is 11.5 Å². The maximum atomic E-state index is 13.8. The molecule has 0 saturated carbocycles. The van der Waals surface area contributed by atoms with Gasteiger partial charge in [-0.3, -0.25) is 9.36 Å². The van der Waals surface area contributed by atoms with Gasteiger partial charge in [-0.15, -0.1) is 11.3 Å². The molecule has 5 rings (SSSR count). The van der Waals surface area contributed by atoms with E-state index < -0.39 is 11.5 Å². The number of aryl methyl sites for hydroxylation is 2. The van der Waals surface area contributed by atoms with E-state index in [1.54, 1.807) is 28.8 Å². The Hall–Kier alpha value is -3.10. The molecular formula is C24H20ClFN2O4S. The minimum atomic E-state index is -0.517. The minimum Gasteiger partial charge on any atom is -0.497 e. The lowest BCUT2D eigenvalue weighted by atomic mass is 10.2. The fraction of sp³-hybridized carbons (Fsp3) is 0.250. The molecule has 0 atom stereocenters. The molecule has 1 aliphatic carbocycles. The molecule has 0 fully saturated rings. The highest BCUT2D eigenvalue weighted by Gasteiger charge is 2.26. The van der Waals surface area contributed by atoms with Crippen molar-refractivity contribution in [2.75, 3.05) is 14.2 Å². The van der Waals surface area contributed by atoms with E-state index in [-0.39, 0.29) is 17.1 Å². The van der Waals surface area contributed by atoms with E-state index in [4.69, 9.17) is 21.1 Å². The number of aromatic nitrogens is 2. The maximum Gasteiger partial charge on any atom is 0.337 e. The molecule has 0 amide bonds. The third-order valence-corrected chi connectivity index (χ3v) is 7.63. The normalized spacial score (nSPS) is 12.8. The van der Waals surface area contributed by atoms with Gasteiger partial charge in [0.05, 0.1) is 31.8 Å². The van der Waals surface area contributed by atoms with E-state index in [1.807, 2.05) is 0 Å². The zero-order valence-electron chi connectivity index (χ0n) is 18.0. The number of rotatable bonds is 5. The highest BCUT2D eigenvalue weighted by molar-refractivity contribution is 7.18. The Morgan fingerprint density at radius 3 is 2.64 bits per heavy atom. The highest BCUT2D eigenvalue weighted by Crippen LogP contribution is 2.36. The van der Waals surface area contributed by atoms with Gasteiger partial charge >= 0.3 is 5.69 Å². The van der Waals surface area contributed by atoms with E-state index in [1.165, 1.54) is 37.7 Å². The number of thiophene rings is 1. The van der Waals surface area contributed by atoms with Gasteiger partial charge in [-0.2, -0.15) is 0 Å². The third-order valence-electron chi connectivity index (χ3n) is 5.96. The molecule has 170 valence electrons. The van der Waals surface area contributed by atoms with Crippen LogP contribution in [0.3, 0.4) is 0 Å². The second-order valence-corrected chi connectivity index (χ2v) is 9.31. The van der Waals surface area contributed by atoms with E-state index in [9.17, 15) is 14.0 Å². The molecule has 0 radical (unpaired) electrons. The van der Waals surface area contributed by atoms with Gasteiger partial charge in [-0.25, -0.2) is 13.8 Å². The number of benzene rings is 2. The molecule has 0 N–H and O–H groups in total. The molecule has 1 aliphatic rings. The van der Waals surface area contributed by atoms with Crippen LogP contribution in [0.4, 0.5) is 4.39 Å². The molecule has 4 aromatic rings. The summed E-state index contributed by atoms with van der Waals surface area (Å²) >= 11 is 7.74. The van der Waals surface area contributed by atoms with Crippen molar-refractivity contribution in [3.63, 3.8) is 0 Å². The molecule has 0 aliphatic heterocycles. The first-order chi connectivity index (χ1) is 15.9. The Bertz CT molecular complexity index is 1520. The first-order valence-corrected chi connectivity index (χ1v) is 11.6. The second kappa shape index (κ2) is 8.35. The molecule has 0 bridgehead atoms. The molecule has 0 saturated heterocycles. The molecule has 0 spiro atoms. The van der Waals surface area contributed by atoms with Crippen LogP contribution in [0.15, 0.2) is 46.0 Å². The number of methoxy groups -OCH3 is 2. The quantitative estimate of drug-likeness (QED) is 0.415. The van der Waals surface area contributed by atoms with Crippen LogP contribution < -0.4 is 20.7 Å². The van der Waals surface area contributed by atoms with Crippen LogP contribution in [-0.4, -0.2) is 23.4 Å². The van der Waals surface area contributed by atoms with Crippen molar-refractivity contribution in [2.45, 2.75) is 25.8 Å². The largest absolute Gasteiger partial charge is 0.497 e. The topological polar surface area (TPSA) is 62.5 Å². The van der Waals surface area contributed by atoms with E-state index in [2.05, 4.69) is 0 Å². The monoisotopic (exact) mass is 486 g/mol. The van der Waals surface area contributed by atoms with Crippen molar-refractivity contribution in [3.05, 3.63) is 84.1 Å². The summed E-state index contributed by atoms with van der Waals surface area (Å²) in [6.45, 7) is 0.104. The number of halogens is 2. The number of hydrogen-bond donors (Lipinski definition) is 0. The molecule has 2 aromatic heterocycles. The van der Waals surface area contributed by atoms with Crippen molar-refractivity contribution in [1.82, 2.24) is 9.13 Å². The lowest BCUT2D eigenvalue weighted by Crippen LogP contribution is -2.39. The summed E-state index contributed by atoms with van der Waals surface area (Å²) in [5.74, 6) is 0.426. The van der Waals surface area contributed by atoms with Crippen LogP contribution >= 0.6 is 22.9 Å². The van der Waals surface area contributed by atoms with E-state index in [0.29, 0.717) is 33.0 Å². The molecule has 2 heterocycles. The predicted molar refractivity (Wildman–Crippen MR) is 127 cm³/mol. The summed E-state index contributed by atoms with van der Waals surface area (Å²) in [5.41, 5.74) is 1.02. The average molecular weight is 487 g/mol. The van der Waals surface area contributed by atoms with Gasteiger partial charge in [0.1, 0.15) is 22.1 Å². The van der Waals surface area contributed by atoms with Crippen molar-refractivity contribution >= 4 is 33.2 Å². The zero-order chi connectivity index (χ0) is 23.3. The standard InChI is InChI=1S/C24H20ClFN2O4S/c1-31-15-8-9-18(19(11-15)32-2)28-22(29)21-16-4-3-5-20(16)33-23(21)27(24(28)30)12-13-6-7-14(26)10-17(13)25/h6-11H,3-5,12H2,1-2H3. The van der Waals surface area contributed by atoms with E-state index in [0.717, 1.165) is 34.3 Å². The predicted octanol–water partition coefficient (Wildman–Crippen LogP) is 4.56. The van der Waals surface area contributed by atoms with Crippen molar-refractivity contribution in [1.29, 1.82) is 0 Å². The Balaban J connectivity index is 1.83.